The van der Waals surface area contributed by atoms with E-state index in [1.165, 1.54) is 18.2 Å². The molecule has 1 unspecified atom stereocenters. The summed E-state index contributed by atoms with van der Waals surface area (Å²) in [6.45, 7) is 0.460. The van der Waals surface area contributed by atoms with Gasteiger partial charge in [-0.25, -0.2) is 4.39 Å². The average Bonchev–Trinajstić information content (AvgIpc) is 2.55. The molecule has 122 valence electrons. The van der Waals surface area contributed by atoms with Gasteiger partial charge in [0.1, 0.15) is 11.6 Å². The summed E-state index contributed by atoms with van der Waals surface area (Å²) in [6.07, 6.45) is -0.442. The van der Waals surface area contributed by atoms with E-state index in [1.807, 2.05) is 24.3 Å². The number of hydrogen-bond donors (Lipinski definition) is 2. The van der Waals surface area contributed by atoms with Crippen molar-refractivity contribution in [3.63, 3.8) is 0 Å². The maximum absolute atomic E-state index is 13.1. The fourth-order valence-corrected chi connectivity index (χ4v) is 2.25. The molecule has 0 radical (unpaired) electrons. The van der Waals surface area contributed by atoms with E-state index in [-0.39, 0.29) is 12.3 Å². The number of aliphatic hydroxyl groups excluding tert-OH is 1. The van der Waals surface area contributed by atoms with Gasteiger partial charge in [0.15, 0.2) is 0 Å². The van der Waals surface area contributed by atoms with E-state index in [0.717, 1.165) is 11.3 Å². The topological polar surface area (TPSA) is 58.6 Å². The van der Waals surface area contributed by atoms with Crippen molar-refractivity contribution < 1.29 is 19.0 Å². The predicted molar refractivity (Wildman–Crippen MR) is 85.7 cm³/mol. The second kappa shape index (κ2) is 8.29. The molecule has 2 N–H and O–H groups in total. The Morgan fingerprint density at radius 1 is 1.26 bits per heavy atom. The Morgan fingerprint density at radius 2 is 2.04 bits per heavy atom. The Bertz CT molecular complexity index is 660. The fourth-order valence-electron chi connectivity index (χ4n) is 2.25. The third-order valence-electron chi connectivity index (χ3n) is 3.48. The molecule has 0 bridgehead atoms. The summed E-state index contributed by atoms with van der Waals surface area (Å²) in [5, 5.41) is 12.7. The third-order valence-corrected chi connectivity index (χ3v) is 3.48. The number of aliphatic hydroxyl groups is 1. The Kier molecular flexibility index (Phi) is 6.11. The molecular formula is C18H20FNO3. The molecule has 23 heavy (non-hydrogen) atoms. The first-order chi connectivity index (χ1) is 11.1. The molecule has 5 heteroatoms. The van der Waals surface area contributed by atoms with E-state index >= 15 is 0 Å². The van der Waals surface area contributed by atoms with Crippen LogP contribution in [0.1, 0.15) is 23.7 Å². The summed E-state index contributed by atoms with van der Waals surface area (Å²) in [4.78, 5) is 11.8. The van der Waals surface area contributed by atoms with E-state index in [4.69, 9.17) is 4.74 Å². The highest BCUT2D eigenvalue weighted by Crippen LogP contribution is 2.17. The molecule has 0 fully saturated rings. The minimum Gasteiger partial charge on any atom is -0.497 e. The molecule has 0 aliphatic carbocycles. The number of carbonyl (C=O) groups is 1. The molecular weight excluding hydrogens is 297 g/mol. The lowest BCUT2D eigenvalue weighted by atomic mass is 10.1. The van der Waals surface area contributed by atoms with Crippen molar-refractivity contribution in [3.8, 4) is 5.75 Å². The van der Waals surface area contributed by atoms with Crippen LogP contribution in [0, 0.1) is 5.82 Å². The van der Waals surface area contributed by atoms with Crippen LogP contribution in [-0.2, 0) is 11.2 Å². The number of amides is 1. The Morgan fingerprint density at radius 3 is 2.78 bits per heavy atom. The maximum Gasteiger partial charge on any atom is 0.222 e. The van der Waals surface area contributed by atoms with Crippen LogP contribution < -0.4 is 10.1 Å². The van der Waals surface area contributed by atoms with E-state index in [9.17, 15) is 14.3 Å². The van der Waals surface area contributed by atoms with Gasteiger partial charge in [-0.05, 0) is 41.8 Å². The van der Waals surface area contributed by atoms with Gasteiger partial charge in [-0.2, -0.15) is 0 Å². The lowest BCUT2D eigenvalue weighted by Gasteiger charge is -2.11. The first kappa shape index (κ1) is 17.0. The van der Waals surface area contributed by atoms with Crippen LogP contribution in [0.25, 0.3) is 0 Å². The summed E-state index contributed by atoms with van der Waals surface area (Å²) in [7, 11) is 1.61. The van der Waals surface area contributed by atoms with Gasteiger partial charge in [-0.1, -0.05) is 24.3 Å². The summed E-state index contributed by atoms with van der Waals surface area (Å²) < 4.78 is 18.2. The van der Waals surface area contributed by atoms with E-state index in [0.29, 0.717) is 18.5 Å². The molecule has 2 rings (SSSR count). The van der Waals surface area contributed by atoms with Crippen molar-refractivity contribution in [2.45, 2.75) is 18.9 Å². The second-order valence-electron chi connectivity index (χ2n) is 5.23. The van der Waals surface area contributed by atoms with Crippen molar-refractivity contribution in [2.75, 3.05) is 13.7 Å². The van der Waals surface area contributed by atoms with Crippen molar-refractivity contribution >= 4 is 5.91 Å². The SMILES string of the molecule is COc1cccc(CCNC(=O)CC(O)c2cccc(F)c2)c1. The van der Waals surface area contributed by atoms with Crippen LogP contribution in [0.5, 0.6) is 5.75 Å². The Hall–Kier alpha value is -2.40. The number of nitrogens with one attached hydrogen (secondary N) is 1. The van der Waals surface area contributed by atoms with Crippen LogP contribution in [0.3, 0.4) is 0 Å². The number of rotatable bonds is 7. The molecule has 4 nitrogen and oxygen atoms in total. The molecule has 1 atom stereocenters. The summed E-state index contributed by atoms with van der Waals surface area (Å²) in [5.41, 5.74) is 1.45. The largest absolute Gasteiger partial charge is 0.497 e. The van der Waals surface area contributed by atoms with Gasteiger partial charge in [0.25, 0.3) is 0 Å². The second-order valence-corrected chi connectivity index (χ2v) is 5.23. The number of benzene rings is 2. The minimum absolute atomic E-state index is 0.0957. The average molecular weight is 317 g/mol. The molecule has 2 aromatic rings. The predicted octanol–water partition coefficient (Wildman–Crippen LogP) is 2.62. The van der Waals surface area contributed by atoms with Crippen LogP contribution in [0.15, 0.2) is 48.5 Å². The standard InChI is InChI=1S/C18H20FNO3/c1-23-16-7-2-4-13(10-16)8-9-20-18(22)12-17(21)14-5-3-6-15(19)11-14/h2-7,10-11,17,21H,8-9,12H2,1H3,(H,20,22). The highest BCUT2D eigenvalue weighted by molar-refractivity contribution is 5.76. The minimum atomic E-state index is -1.01. The number of hydrogen-bond acceptors (Lipinski definition) is 3. The smallest absolute Gasteiger partial charge is 0.222 e. The highest BCUT2D eigenvalue weighted by Gasteiger charge is 2.13. The van der Waals surface area contributed by atoms with Crippen LogP contribution in [0.2, 0.25) is 0 Å². The molecule has 1 amide bonds. The molecule has 0 saturated carbocycles. The fraction of sp³-hybridized carbons (Fsp3) is 0.278. The molecule has 0 saturated heterocycles. The lowest BCUT2D eigenvalue weighted by Crippen LogP contribution is -2.27. The monoisotopic (exact) mass is 317 g/mol. The van der Waals surface area contributed by atoms with E-state index in [2.05, 4.69) is 5.32 Å². The maximum atomic E-state index is 13.1. The first-order valence-corrected chi connectivity index (χ1v) is 7.41. The normalized spacial score (nSPS) is 11.8. The van der Waals surface area contributed by atoms with Gasteiger partial charge in [0.2, 0.25) is 5.91 Å². The molecule has 0 aromatic heterocycles. The zero-order valence-electron chi connectivity index (χ0n) is 13.0. The number of methoxy groups -OCH3 is 1. The molecule has 0 aliphatic rings. The number of carbonyl (C=O) groups excluding carboxylic acids is 1. The van der Waals surface area contributed by atoms with Crippen LogP contribution in [0.4, 0.5) is 4.39 Å². The molecule has 0 heterocycles. The molecule has 2 aromatic carbocycles. The number of ether oxygens (including phenoxy) is 1. The van der Waals surface area contributed by atoms with Crippen LogP contribution in [-0.4, -0.2) is 24.7 Å². The Balaban J connectivity index is 1.78. The van der Waals surface area contributed by atoms with Gasteiger partial charge in [-0.3, -0.25) is 4.79 Å². The summed E-state index contributed by atoms with van der Waals surface area (Å²) >= 11 is 0. The quantitative estimate of drug-likeness (QED) is 0.825. The van der Waals surface area contributed by atoms with Crippen molar-refractivity contribution in [2.24, 2.45) is 0 Å². The van der Waals surface area contributed by atoms with Crippen molar-refractivity contribution in [1.82, 2.24) is 5.32 Å². The number of halogens is 1. The van der Waals surface area contributed by atoms with Gasteiger partial charge in [0.05, 0.1) is 19.6 Å². The van der Waals surface area contributed by atoms with Gasteiger partial charge >= 0.3 is 0 Å². The van der Waals surface area contributed by atoms with Gasteiger partial charge < -0.3 is 15.2 Å². The zero-order chi connectivity index (χ0) is 16.7. The third kappa shape index (κ3) is 5.38. The van der Waals surface area contributed by atoms with Gasteiger partial charge in [-0.15, -0.1) is 0 Å². The lowest BCUT2D eigenvalue weighted by molar-refractivity contribution is -0.123. The summed E-state index contributed by atoms with van der Waals surface area (Å²) in [5.74, 6) is 0.0694. The van der Waals surface area contributed by atoms with Crippen molar-refractivity contribution in [3.05, 3.63) is 65.5 Å². The van der Waals surface area contributed by atoms with Crippen LogP contribution >= 0.6 is 0 Å². The molecule has 0 aliphatic heterocycles. The van der Waals surface area contributed by atoms with Crippen molar-refractivity contribution in [1.29, 1.82) is 0 Å². The summed E-state index contributed by atoms with van der Waals surface area (Å²) in [6, 6.07) is 13.2. The van der Waals surface area contributed by atoms with E-state index in [1.54, 1.807) is 13.2 Å². The Labute approximate surface area is 134 Å². The van der Waals surface area contributed by atoms with Gasteiger partial charge in [0, 0.05) is 6.54 Å². The zero-order valence-corrected chi connectivity index (χ0v) is 13.0. The highest BCUT2D eigenvalue weighted by atomic mass is 19.1. The van der Waals surface area contributed by atoms with E-state index < -0.39 is 11.9 Å². The molecule has 0 spiro atoms. The first-order valence-electron chi connectivity index (χ1n) is 7.41.